The Hall–Kier alpha value is -0.260. The lowest BCUT2D eigenvalue weighted by Crippen LogP contribution is -2.32. The Labute approximate surface area is 106 Å². The molecular weight excluding hydrogens is 238 g/mol. The molecule has 0 radical (unpaired) electrons. The highest BCUT2D eigenvalue weighted by Crippen LogP contribution is 2.27. The largest absolute Gasteiger partial charge is 0.347 e. The van der Waals surface area contributed by atoms with E-state index in [0.717, 1.165) is 22.2 Å². The van der Waals surface area contributed by atoms with Crippen LogP contribution in [0.4, 0.5) is 5.13 Å². The van der Waals surface area contributed by atoms with Crippen LogP contribution in [0.15, 0.2) is 6.20 Å². The van der Waals surface area contributed by atoms with Crippen molar-refractivity contribution in [3.8, 4) is 0 Å². The van der Waals surface area contributed by atoms with Gasteiger partial charge in [-0.15, -0.1) is 11.3 Å². The predicted octanol–water partition coefficient (Wildman–Crippen LogP) is 2.74. The summed E-state index contributed by atoms with van der Waals surface area (Å²) >= 11 is 3.58. The van der Waals surface area contributed by atoms with Crippen molar-refractivity contribution in [3.63, 3.8) is 0 Å². The van der Waals surface area contributed by atoms with Crippen LogP contribution in [0.5, 0.6) is 0 Å². The van der Waals surface area contributed by atoms with Crippen molar-refractivity contribution < 1.29 is 0 Å². The van der Waals surface area contributed by atoms with Gasteiger partial charge in [0.05, 0.1) is 0 Å². The van der Waals surface area contributed by atoms with Gasteiger partial charge in [0.15, 0.2) is 5.13 Å². The number of thioether (sulfide) groups is 1. The maximum absolute atomic E-state index is 5.84. The summed E-state index contributed by atoms with van der Waals surface area (Å²) in [6.07, 6.45) is 5.18. The third kappa shape index (κ3) is 3.37. The molecule has 0 saturated carbocycles. The van der Waals surface area contributed by atoms with E-state index in [1.54, 1.807) is 11.3 Å². The van der Waals surface area contributed by atoms with Gasteiger partial charge in [0, 0.05) is 36.0 Å². The number of nitrogens with two attached hydrogens (primary N) is 1. The fraction of sp³-hybridized carbons (Fsp3) is 0.727. The SMILES string of the molecule is CCC(CSC)N(C)c1ncc(C(C)N)s1. The van der Waals surface area contributed by atoms with Gasteiger partial charge in [-0.05, 0) is 19.6 Å². The van der Waals surface area contributed by atoms with E-state index < -0.39 is 0 Å². The van der Waals surface area contributed by atoms with Crippen LogP contribution in [0, 0.1) is 0 Å². The molecule has 0 spiro atoms. The minimum absolute atomic E-state index is 0.0836. The average Bonchev–Trinajstić information content (AvgIpc) is 2.74. The maximum atomic E-state index is 5.84. The monoisotopic (exact) mass is 259 g/mol. The molecule has 16 heavy (non-hydrogen) atoms. The molecule has 2 N–H and O–H groups in total. The van der Waals surface area contributed by atoms with Crippen LogP contribution in [-0.2, 0) is 0 Å². The molecule has 0 bridgehead atoms. The van der Waals surface area contributed by atoms with Crippen LogP contribution in [0.3, 0.4) is 0 Å². The Kier molecular flexibility index (Phi) is 5.58. The number of aromatic nitrogens is 1. The molecule has 0 aliphatic heterocycles. The highest BCUT2D eigenvalue weighted by molar-refractivity contribution is 7.98. The summed E-state index contributed by atoms with van der Waals surface area (Å²) in [5.74, 6) is 1.14. The van der Waals surface area contributed by atoms with E-state index in [1.807, 2.05) is 24.9 Å². The summed E-state index contributed by atoms with van der Waals surface area (Å²) in [7, 11) is 2.12. The van der Waals surface area contributed by atoms with E-state index in [0.29, 0.717) is 6.04 Å². The summed E-state index contributed by atoms with van der Waals surface area (Å²) in [6.45, 7) is 4.22. The highest BCUT2D eigenvalue weighted by atomic mass is 32.2. The molecule has 1 aromatic heterocycles. The zero-order valence-corrected chi connectivity index (χ0v) is 12.1. The maximum Gasteiger partial charge on any atom is 0.185 e. The highest BCUT2D eigenvalue weighted by Gasteiger charge is 2.16. The zero-order chi connectivity index (χ0) is 12.1. The molecule has 0 aliphatic carbocycles. The lowest BCUT2D eigenvalue weighted by molar-refractivity contribution is 0.671. The Bertz CT molecular complexity index is 312. The molecule has 0 amide bonds. The summed E-state index contributed by atoms with van der Waals surface area (Å²) in [6, 6.07) is 0.641. The van der Waals surface area contributed by atoms with E-state index >= 15 is 0 Å². The standard InChI is InChI=1S/C11H21N3S2/c1-5-9(7-15-4)14(3)11-13-6-10(16-11)8(2)12/h6,8-9H,5,7,12H2,1-4H3. The van der Waals surface area contributed by atoms with Crippen LogP contribution in [0.25, 0.3) is 0 Å². The van der Waals surface area contributed by atoms with E-state index in [1.165, 1.54) is 0 Å². The Morgan fingerprint density at radius 1 is 1.62 bits per heavy atom. The first-order valence-corrected chi connectivity index (χ1v) is 7.74. The van der Waals surface area contributed by atoms with Crippen molar-refractivity contribution >= 4 is 28.2 Å². The molecule has 0 aliphatic rings. The second kappa shape index (κ2) is 6.47. The van der Waals surface area contributed by atoms with Gasteiger partial charge in [-0.2, -0.15) is 11.8 Å². The first-order valence-electron chi connectivity index (χ1n) is 5.53. The van der Waals surface area contributed by atoms with Gasteiger partial charge in [0.25, 0.3) is 0 Å². The smallest absolute Gasteiger partial charge is 0.185 e. The van der Waals surface area contributed by atoms with Crippen LogP contribution in [-0.4, -0.2) is 30.1 Å². The number of hydrogen-bond acceptors (Lipinski definition) is 5. The fourth-order valence-electron chi connectivity index (χ4n) is 1.50. The first-order chi connectivity index (χ1) is 7.60. The average molecular weight is 259 g/mol. The van der Waals surface area contributed by atoms with E-state index in [4.69, 9.17) is 5.73 Å². The molecule has 0 aromatic carbocycles. The molecule has 5 heteroatoms. The quantitative estimate of drug-likeness (QED) is 0.853. The van der Waals surface area contributed by atoms with Gasteiger partial charge in [-0.25, -0.2) is 4.98 Å². The van der Waals surface area contributed by atoms with Crippen molar-refractivity contribution in [1.82, 2.24) is 4.98 Å². The van der Waals surface area contributed by atoms with E-state index in [2.05, 4.69) is 30.1 Å². The molecule has 1 rings (SSSR count). The van der Waals surface area contributed by atoms with Gasteiger partial charge in [0.1, 0.15) is 0 Å². The van der Waals surface area contributed by atoms with Gasteiger partial charge in [0.2, 0.25) is 0 Å². The van der Waals surface area contributed by atoms with Gasteiger partial charge in [-0.3, -0.25) is 0 Å². The minimum Gasteiger partial charge on any atom is -0.347 e. The van der Waals surface area contributed by atoms with Crippen molar-refractivity contribution in [1.29, 1.82) is 0 Å². The second-order valence-corrected chi connectivity index (χ2v) is 5.91. The third-order valence-electron chi connectivity index (χ3n) is 2.64. The van der Waals surface area contributed by atoms with Crippen LogP contribution in [0.2, 0.25) is 0 Å². The lowest BCUT2D eigenvalue weighted by atomic mass is 10.2. The molecule has 1 heterocycles. The van der Waals surface area contributed by atoms with E-state index in [9.17, 15) is 0 Å². The normalized spacial score (nSPS) is 14.8. The topological polar surface area (TPSA) is 42.2 Å². The van der Waals surface area contributed by atoms with Gasteiger partial charge >= 0.3 is 0 Å². The van der Waals surface area contributed by atoms with Crippen LogP contribution >= 0.6 is 23.1 Å². The second-order valence-electron chi connectivity index (χ2n) is 3.96. The first kappa shape index (κ1) is 13.8. The van der Waals surface area contributed by atoms with Gasteiger partial charge < -0.3 is 10.6 Å². The van der Waals surface area contributed by atoms with Crippen LogP contribution < -0.4 is 10.6 Å². The number of hydrogen-bond donors (Lipinski definition) is 1. The number of thiazole rings is 1. The number of anilines is 1. The number of nitrogens with zero attached hydrogens (tertiary/aromatic N) is 2. The third-order valence-corrected chi connectivity index (χ3v) is 4.65. The molecule has 92 valence electrons. The lowest BCUT2D eigenvalue weighted by Gasteiger charge is -2.26. The zero-order valence-electron chi connectivity index (χ0n) is 10.4. The molecule has 1 aromatic rings. The molecule has 0 saturated heterocycles. The predicted molar refractivity (Wildman–Crippen MR) is 75.6 cm³/mol. The van der Waals surface area contributed by atoms with Crippen molar-refractivity contribution in [2.75, 3.05) is 24.0 Å². The Balaban J connectivity index is 2.73. The molecular formula is C11H21N3S2. The number of rotatable bonds is 6. The summed E-state index contributed by atoms with van der Waals surface area (Å²) < 4.78 is 0. The van der Waals surface area contributed by atoms with E-state index in [-0.39, 0.29) is 6.04 Å². The van der Waals surface area contributed by atoms with Crippen molar-refractivity contribution in [2.45, 2.75) is 32.4 Å². The minimum atomic E-state index is 0.0836. The van der Waals surface area contributed by atoms with Crippen LogP contribution in [0.1, 0.15) is 31.2 Å². The molecule has 2 unspecified atom stereocenters. The van der Waals surface area contributed by atoms with Crippen molar-refractivity contribution in [3.05, 3.63) is 11.1 Å². The fourth-order valence-corrected chi connectivity index (χ4v) is 3.25. The van der Waals surface area contributed by atoms with Gasteiger partial charge in [-0.1, -0.05) is 6.92 Å². The molecule has 2 atom stereocenters. The Morgan fingerprint density at radius 2 is 2.31 bits per heavy atom. The Morgan fingerprint density at radius 3 is 2.75 bits per heavy atom. The van der Waals surface area contributed by atoms with Crippen molar-refractivity contribution in [2.24, 2.45) is 5.73 Å². The molecule has 0 fully saturated rings. The summed E-state index contributed by atoms with van der Waals surface area (Å²) in [5.41, 5.74) is 5.84. The summed E-state index contributed by atoms with van der Waals surface area (Å²) in [5, 5.41) is 1.08. The molecule has 3 nitrogen and oxygen atoms in total. The summed E-state index contributed by atoms with van der Waals surface area (Å²) in [4.78, 5) is 7.87.